The Bertz CT molecular complexity index is 842. The first-order valence-corrected chi connectivity index (χ1v) is 9.76. The first-order valence-electron chi connectivity index (χ1n) is 8.76. The Balaban J connectivity index is 2.65. The zero-order valence-corrected chi connectivity index (χ0v) is 17.6. The maximum Gasteiger partial charge on any atom is 0.160 e. The molecule has 0 aliphatic carbocycles. The Morgan fingerprint density at radius 3 is 2.08 bits per heavy atom. The number of aromatic hydroxyl groups is 1. The molecule has 0 bridgehead atoms. The summed E-state index contributed by atoms with van der Waals surface area (Å²) in [5.74, 6) is -0.330. The highest BCUT2D eigenvalue weighted by atomic mass is 31.1. The van der Waals surface area contributed by atoms with Crippen LogP contribution < -0.4 is 10.6 Å². The molecule has 2 nitrogen and oxygen atoms in total. The Kier molecular flexibility index (Phi) is 5.63. The molecular formula is C22H28FO2P. The zero-order chi connectivity index (χ0) is 19.9. The van der Waals surface area contributed by atoms with Crippen molar-refractivity contribution in [3.05, 3.63) is 52.8 Å². The fourth-order valence-corrected chi connectivity index (χ4v) is 4.12. The third-order valence-electron chi connectivity index (χ3n) is 4.41. The van der Waals surface area contributed by atoms with Gasteiger partial charge in [-0.25, -0.2) is 4.39 Å². The normalized spacial score (nSPS) is 12.8. The number of carbonyl (C=O) groups is 1. The molecule has 0 fully saturated rings. The topological polar surface area (TPSA) is 37.3 Å². The van der Waals surface area contributed by atoms with Gasteiger partial charge in [0.05, 0.1) is 0 Å². The fourth-order valence-electron chi connectivity index (χ4n) is 2.80. The molecule has 0 aromatic heterocycles. The number of hydrogen-bond donors (Lipinski definition) is 1. The molecule has 4 heteroatoms. The van der Waals surface area contributed by atoms with Gasteiger partial charge in [-0.1, -0.05) is 62.3 Å². The lowest BCUT2D eigenvalue weighted by Gasteiger charge is -2.27. The predicted molar refractivity (Wildman–Crippen MR) is 109 cm³/mol. The monoisotopic (exact) mass is 374 g/mol. The lowest BCUT2D eigenvalue weighted by atomic mass is 9.80. The minimum absolute atomic E-state index is 0.0703. The molecule has 2 aromatic carbocycles. The molecule has 0 radical (unpaired) electrons. The van der Waals surface area contributed by atoms with Crippen LogP contribution in [0.1, 0.15) is 70.0 Å². The van der Waals surface area contributed by atoms with Gasteiger partial charge in [-0.3, -0.25) is 4.79 Å². The molecule has 0 aliphatic heterocycles. The SMILES string of the molecule is CC(=O)c1cc(F)ccc1Pc1cc(C(C)(C)C)cc(C(C)(C)C)c1O. The average Bonchev–Trinajstić information content (AvgIpc) is 2.48. The second-order valence-electron chi connectivity index (χ2n) is 8.79. The van der Waals surface area contributed by atoms with Gasteiger partial charge in [0.25, 0.3) is 0 Å². The molecule has 0 aliphatic rings. The molecule has 0 heterocycles. The van der Waals surface area contributed by atoms with Crippen molar-refractivity contribution >= 4 is 25.0 Å². The summed E-state index contributed by atoms with van der Waals surface area (Å²) in [7, 11) is 0.0770. The number of rotatable bonds is 3. The van der Waals surface area contributed by atoms with Crippen molar-refractivity contribution < 1.29 is 14.3 Å². The summed E-state index contributed by atoms with van der Waals surface area (Å²) in [5, 5.41) is 12.4. The van der Waals surface area contributed by atoms with E-state index in [2.05, 4.69) is 47.6 Å². The Morgan fingerprint density at radius 1 is 0.962 bits per heavy atom. The minimum Gasteiger partial charge on any atom is -0.507 e. The number of halogens is 1. The third kappa shape index (κ3) is 4.51. The van der Waals surface area contributed by atoms with Crippen LogP contribution in [0.2, 0.25) is 0 Å². The van der Waals surface area contributed by atoms with E-state index in [4.69, 9.17) is 0 Å². The van der Waals surface area contributed by atoms with Gasteiger partial charge >= 0.3 is 0 Å². The van der Waals surface area contributed by atoms with Gasteiger partial charge in [0.1, 0.15) is 11.6 Å². The molecule has 140 valence electrons. The molecule has 0 amide bonds. The van der Waals surface area contributed by atoms with Crippen molar-refractivity contribution in [1.29, 1.82) is 0 Å². The van der Waals surface area contributed by atoms with Crippen LogP contribution in [-0.4, -0.2) is 10.9 Å². The van der Waals surface area contributed by atoms with E-state index >= 15 is 0 Å². The highest BCUT2D eigenvalue weighted by Crippen LogP contribution is 2.36. The molecule has 1 atom stereocenters. The minimum atomic E-state index is -0.424. The second-order valence-corrected chi connectivity index (χ2v) is 10.1. The summed E-state index contributed by atoms with van der Waals surface area (Å²) in [6.45, 7) is 14.1. The van der Waals surface area contributed by atoms with Gasteiger partial charge in [-0.05, 0) is 46.8 Å². The molecule has 0 spiro atoms. The van der Waals surface area contributed by atoms with Crippen molar-refractivity contribution in [2.45, 2.75) is 59.3 Å². The van der Waals surface area contributed by atoms with E-state index in [1.165, 1.54) is 19.1 Å². The van der Waals surface area contributed by atoms with Crippen LogP contribution in [0, 0.1) is 5.82 Å². The molecule has 0 saturated carbocycles. The standard InChI is InChI=1S/C22H28FO2P/c1-13(24)16-12-15(23)8-9-18(16)26-19-11-14(21(2,3)4)10-17(20(19)25)22(5,6)7/h8-12,25-26H,1-7H3. The number of Topliss-reactive ketones (excluding diaryl/α,β-unsaturated/α-hetero) is 1. The maximum atomic E-state index is 13.6. The van der Waals surface area contributed by atoms with Gasteiger partial charge < -0.3 is 5.11 Å². The Hall–Kier alpha value is -1.73. The molecule has 26 heavy (non-hydrogen) atoms. The summed E-state index contributed by atoms with van der Waals surface area (Å²) in [5.41, 5.74) is 2.12. The smallest absolute Gasteiger partial charge is 0.160 e. The molecule has 2 rings (SSSR count). The quantitative estimate of drug-likeness (QED) is 0.609. The number of ketones is 1. The van der Waals surface area contributed by atoms with Gasteiger partial charge in [-0.15, -0.1) is 0 Å². The lowest BCUT2D eigenvalue weighted by molar-refractivity contribution is 0.101. The largest absolute Gasteiger partial charge is 0.507 e. The third-order valence-corrected chi connectivity index (χ3v) is 5.77. The van der Waals surface area contributed by atoms with Crippen LogP contribution in [0.4, 0.5) is 4.39 Å². The average molecular weight is 374 g/mol. The van der Waals surface area contributed by atoms with E-state index in [1.807, 2.05) is 6.07 Å². The number of carbonyl (C=O) groups excluding carboxylic acids is 1. The van der Waals surface area contributed by atoms with Crippen molar-refractivity contribution in [3.8, 4) is 5.75 Å². The van der Waals surface area contributed by atoms with Crippen LogP contribution in [0.15, 0.2) is 30.3 Å². The zero-order valence-electron chi connectivity index (χ0n) is 16.6. The van der Waals surface area contributed by atoms with Gasteiger partial charge in [0.15, 0.2) is 5.78 Å². The predicted octanol–water partition coefficient (Wildman–Crippen LogP) is 4.96. The molecular weight excluding hydrogens is 346 g/mol. The Morgan fingerprint density at radius 2 is 1.58 bits per heavy atom. The second kappa shape index (κ2) is 7.12. The molecule has 2 aromatic rings. The molecule has 1 N–H and O–H groups in total. The summed E-state index contributed by atoms with van der Waals surface area (Å²) < 4.78 is 13.6. The summed E-state index contributed by atoms with van der Waals surface area (Å²) in [6, 6.07) is 8.37. The van der Waals surface area contributed by atoms with Gasteiger partial charge in [0, 0.05) is 16.4 Å². The van der Waals surface area contributed by atoms with Gasteiger partial charge in [-0.2, -0.15) is 0 Å². The van der Waals surface area contributed by atoms with Crippen LogP contribution in [0.5, 0.6) is 5.75 Å². The number of hydrogen-bond acceptors (Lipinski definition) is 2. The highest BCUT2D eigenvalue weighted by Gasteiger charge is 2.25. The van der Waals surface area contributed by atoms with Crippen LogP contribution in [0.25, 0.3) is 0 Å². The van der Waals surface area contributed by atoms with Crippen molar-refractivity contribution in [3.63, 3.8) is 0 Å². The van der Waals surface area contributed by atoms with E-state index in [-0.39, 0.29) is 30.9 Å². The maximum absolute atomic E-state index is 13.6. The summed E-state index contributed by atoms with van der Waals surface area (Å²) in [4.78, 5) is 11.9. The van der Waals surface area contributed by atoms with E-state index in [0.29, 0.717) is 5.56 Å². The number of benzene rings is 2. The molecule has 1 unspecified atom stereocenters. The summed E-state index contributed by atoms with van der Waals surface area (Å²) in [6.07, 6.45) is 0. The van der Waals surface area contributed by atoms with Gasteiger partial charge in [0.2, 0.25) is 0 Å². The van der Waals surface area contributed by atoms with Crippen molar-refractivity contribution in [2.24, 2.45) is 0 Å². The molecule has 0 saturated heterocycles. The highest BCUT2D eigenvalue weighted by molar-refractivity contribution is 7.56. The fraction of sp³-hybridized carbons (Fsp3) is 0.409. The van der Waals surface area contributed by atoms with E-state index in [1.54, 1.807) is 6.07 Å². The first kappa shape index (κ1) is 20.6. The van der Waals surface area contributed by atoms with Crippen molar-refractivity contribution in [2.75, 3.05) is 0 Å². The first-order chi connectivity index (χ1) is 11.8. The summed E-state index contributed by atoms with van der Waals surface area (Å²) >= 11 is 0. The van der Waals surface area contributed by atoms with E-state index in [9.17, 15) is 14.3 Å². The van der Waals surface area contributed by atoms with E-state index < -0.39 is 5.82 Å². The van der Waals surface area contributed by atoms with Crippen LogP contribution in [-0.2, 0) is 10.8 Å². The van der Waals surface area contributed by atoms with E-state index in [0.717, 1.165) is 21.7 Å². The lowest BCUT2D eigenvalue weighted by Crippen LogP contribution is -2.21. The Labute approximate surface area is 157 Å². The van der Waals surface area contributed by atoms with Crippen molar-refractivity contribution in [1.82, 2.24) is 0 Å². The number of phenols is 1. The van der Waals surface area contributed by atoms with Crippen LogP contribution in [0.3, 0.4) is 0 Å². The number of phenolic OH excluding ortho intramolecular Hbond substituents is 1. The van der Waals surface area contributed by atoms with Crippen LogP contribution >= 0.6 is 8.58 Å².